The summed E-state index contributed by atoms with van der Waals surface area (Å²) in [5.41, 5.74) is 5.03. The molecule has 1 aromatic carbocycles. The van der Waals surface area contributed by atoms with Crippen molar-refractivity contribution in [2.24, 2.45) is 5.92 Å². The molecule has 28 heavy (non-hydrogen) atoms. The predicted molar refractivity (Wildman–Crippen MR) is 124 cm³/mol. The first-order valence-corrected chi connectivity index (χ1v) is 10.9. The van der Waals surface area contributed by atoms with Gasteiger partial charge in [-0.25, -0.2) is 0 Å². The Bertz CT molecular complexity index is 681. The normalized spacial score (nSPS) is 17.1. The molecule has 0 amide bonds. The van der Waals surface area contributed by atoms with Crippen LogP contribution in [0.3, 0.4) is 0 Å². The van der Waals surface area contributed by atoms with Crippen molar-refractivity contribution in [2.45, 2.75) is 45.8 Å². The van der Waals surface area contributed by atoms with Crippen molar-refractivity contribution in [3.63, 3.8) is 0 Å². The van der Waals surface area contributed by atoms with Crippen LogP contribution < -0.4 is 4.90 Å². The van der Waals surface area contributed by atoms with E-state index in [4.69, 9.17) is 9.47 Å². The molecule has 0 spiro atoms. The molecular weight excluding hydrogens is 414 g/mol. The molecule has 1 aliphatic rings. The summed E-state index contributed by atoms with van der Waals surface area (Å²) in [6.45, 7) is 10.3. The summed E-state index contributed by atoms with van der Waals surface area (Å²) >= 11 is 3.81. The maximum Gasteiger partial charge on any atom is 0.159 e. The molecule has 3 nitrogen and oxygen atoms in total. The van der Waals surface area contributed by atoms with Gasteiger partial charge in [0.1, 0.15) is 0 Å². The number of methoxy groups -OCH3 is 2. The Labute approximate surface area is 179 Å². The summed E-state index contributed by atoms with van der Waals surface area (Å²) in [7, 11) is 3.45. The van der Waals surface area contributed by atoms with Crippen LogP contribution in [-0.4, -0.2) is 33.6 Å². The second-order valence-corrected chi connectivity index (χ2v) is 8.28. The number of benzene rings is 1. The molecule has 1 aromatic rings. The minimum Gasteiger partial charge on any atom is -0.372 e. The fraction of sp³-hybridized carbons (Fsp3) is 0.500. The van der Waals surface area contributed by atoms with Gasteiger partial charge in [0.15, 0.2) is 6.29 Å². The number of hydrogen-bond donors (Lipinski definition) is 0. The van der Waals surface area contributed by atoms with E-state index in [1.807, 2.05) is 6.08 Å². The Balaban J connectivity index is 2.15. The van der Waals surface area contributed by atoms with Crippen LogP contribution >= 0.6 is 15.9 Å². The zero-order valence-electron chi connectivity index (χ0n) is 17.7. The number of allylic oxidation sites excluding steroid dienone is 5. The van der Waals surface area contributed by atoms with Gasteiger partial charge in [-0.15, -0.1) is 0 Å². The molecule has 1 aliphatic heterocycles. The average molecular weight is 448 g/mol. The fourth-order valence-corrected chi connectivity index (χ4v) is 4.89. The Morgan fingerprint density at radius 2 is 1.82 bits per heavy atom. The van der Waals surface area contributed by atoms with Crippen molar-refractivity contribution < 1.29 is 9.47 Å². The average Bonchev–Trinajstić information content (AvgIpc) is 2.71. The van der Waals surface area contributed by atoms with Gasteiger partial charge >= 0.3 is 0 Å². The first kappa shape index (κ1) is 22.9. The van der Waals surface area contributed by atoms with Crippen LogP contribution in [0.4, 0.5) is 5.69 Å². The van der Waals surface area contributed by atoms with Gasteiger partial charge in [0.2, 0.25) is 0 Å². The third-order valence-corrected chi connectivity index (χ3v) is 6.21. The Kier molecular flexibility index (Phi) is 9.49. The van der Waals surface area contributed by atoms with E-state index in [1.165, 1.54) is 26.9 Å². The Morgan fingerprint density at radius 3 is 2.32 bits per heavy atom. The summed E-state index contributed by atoms with van der Waals surface area (Å²) in [4.78, 5) is 2.46. The molecule has 0 bridgehead atoms. The van der Waals surface area contributed by atoms with Crippen LogP contribution in [0.25, 0.3) is 5.57 Å². The molecule has 1 fully saturated rings. The van der Waals surface area contributed by atoms with Crippen LogP contribution in [0.15, 0.2) is 53.1 Å². The summed E-state index contributed by atoms with van der Waals surface area (Å²) < 4.78 is 12.1. The third-order valence-electron chi connectivity index (χ3n) is 5.41. The molecule has 0 aromatic heterocycles. The molecule has 2 rings (SSSR count). The highest BCUT2D eigenvalue weighted by Gasteiger charge is 2.26. The summed E-state index contributed by atoms with van der Waals surface area (Å²) in [6.07, 6.45) is 8.16. The summed E-state index contributed by atoms with van der Waals surface area (Å²) in [5, 5.41) is 0. The zero-order chi connectivity index (χ0) is 20.5. The minimum atomic E-state index is -0.0900. The topological polar surface area (TPSA) is 21.7 Å². The second kappa shape index (κ2) is 11.6. The van der Waals surface area contributed by atoms with Gasteiger partial charge in [0.25, 0.3) is 0 Å². The van der Waals surface area contributed by atoms with Gasteiger partial charge in [-0.2, -0.15) is 0 Å². The minimum absolute atomic E-state index is 0.0900. The number of piperidine rings is 1. The highest BCUT2D eigenvalue weighted by atomic mass is 79.9. The number of ether oxygens (including phenoxy) is 2. The van der Waals surface area contributed by atoms with Crippen LogP contribution in [0.2, 0.25) is 0 Å². The van der Waals surface area contributed by atoms with Crippen molar-refractivity contribution in [3.8, 4) is 0 Å². The van der Waals surface area contributed by atoms with Crippen molar-refractivity contribution in [1.29, 1.82) is 0 Å². The van der Waals surface area contributed by atoms with Gasteiger partial charge in [-0.1, -0.05) is 60.1 Å². The summed E-state index contributed by atoms with van der Waals surface area (Å²) in [5.74, 6) is 0.469. The number of nitrogens with zero attached hydrogens (tertiary/aromatic N) is 1. The predicted octanol–water partition coefficient (Wildman–Crippen LogP) is 6.56. The second-order valence-electron chi connectivity index (χ2n) is 7.33. The third kappa shape index (κ3) is 5.82. The van der Waals surface area contributed by atoms with Crippen molar-refractivity contribution in [3.05, 3.63) is 58.6 Å². The maximum absolute atomic E-state index is 5.44. The largest absolute Gasteiger partial charge is 0.372 e. The van der Waals surface area contributed by atoms with Crippen LogP contribution in [-0.2, 0) is 9.47 Å². The van der Waals surface area contributed by atoms with E-state index in [-0.39, 0.29) is 6.29 Å². The number of anilines is 1. The van der Waals surface area contributed by atoms with Gasteiger partial charge in [-0.3, -0.25) is 0 Å². The zero-order valence-corrected chi connectivity index (χ0v) is 19.3. The number of hydrogen-bond acceptors (Lipinski definition) is 3. The Morgan fingerprint density at radius 1 is 1.21 bits per heavy atom. The van der Waals surface area contributed by atoms with E-state index in [1.54, 1.807) is 14.2 Å². The molecule has 0 radical (unpaired) electrons. The standard InChI is InChI=1S/C24H34BrNO2/c1-6-8-18(3)23(22(25)9-7-2)19-10-12-21(13-11-19)26-16-14-20(15-17-26)24(27-4)28-5/h6,8,10-13,20,24H,1,7,9,14-17H2,2-5H3/b18-8+,23-22-. The van der Waals surface area contributed by atoms with Crippen molar-refractivity contribution >= 4 is 27.2 Å². The smallest absolute Gasteiger partial charge is 0.159 e. The lowest BCUT2D eigenvalue weighted by Crippen LogP contribution is -2.39. The fourth-order valence-electron chi connectivity index (χ4n) is 3.95. The van der Waals surface area contributed by atoms with Crippen LogP contribution in [0, 0.1) is 5.92 Å². The molecule has 1 heterocycles. The number of rotatable bonds is 9. The lowest BCUT2D eigenvalue weighted by Gasteiger charge is -2.36. The quantitative estimate of drug-likeness (QED) is 0.315. The summed E-state index contributed by atoms with van der Waals surface area (Å²) in [6, 6.07) is 8.96. The van der Waals surface area contributed by atoms with Gasteiger partial charge in [-0.05, 0) is 55.0 Å². The van der Waals surface area contributed by atoms with E-state index in [0.717, 1.165) is 38.8 Å². The molecule has 0 N–H and O–H groups in total. The molecule has 0 saturated carbocycles. The van der Waals surface area contributed by atoms with E-state index in [0.29, 0.717) is 5.92 Å². The van der Waals surface area contributed by atoms with Gasteiger partial charge in [0, 0.05) is 43.4 Å². The maximum atomic E-state index is 5.44. The molecular formula is C24H34BrNO2. The highest BCUT2D eigenvalue weighted by Crippen LogP contribution is 2.34. The van der Waals surface area contributed by atoms with Gasteiger partial charge < -0.3 is 14.4 Å². The van der Waals surface area contributed by atoms with Crippen LogP contribution in [0.1, 0.15) is 45.1 Å². The van der Waals surface area contributed by atoms with E-state index in [2.05, 4.69) is 71.6 Å². The van der Waals surface area contributed by atoms with Crippen LogP contribution in [0.5, 0.6) is 0 Å². The lowest BCUT2D eigenvalue weighted by atomic mass is 9.94. The molecule has 0 unspecified atom stereocenters. The molecule has 0 atom stereocenters. The van der Waals surface area contributed by atoms with E-state index < -0.39 is 0 Å². The van der Waals surface area contributed by atoms with Crippen molar-refractivity contribution in [1.82, 2.24) is 0 Å². The molecule has 154 valence electrons. The lowest BCUT2D eigenvalue weighted by molar-refractivity contribution is -0.141. The molecule has 1 saturated heterocycles. The first-order valence-electron chi connectivity index (χ1n) is 10.1. The highest BCUT2D eigenvalue weighted by molar-refractivity contribution is 9.11. The van der Waals surface area contributed by atoms with Crippen molar-refractivity contribution in [2.75, 3.05) is 32.2 Å². The van der Waals surface area contributed by atoms with E-state index in [9.17, 15) is 0 Å². The molecule has 0 aliphatic carbocycles. The van der Waals surface area contributed by atoms with Gasteiger partial charge in [0.05, 0.1) is 0 Å². The SMILES string of the molecule is C=C/C=C(C)/C(=C(/Br)CCC)c1ccc(N2CCC(C(OC)OC)CC2)cc1. The Hall–Kier alpha value is -1.36. The molecule has 4 heteroatoms. The monoisotopic (exact) mass is 447 g/mol. The first-order chi connectivity index (χ1) is 13.5. The number of halogens is 1. The van der Waals surface area contributed by atoms with E-state index >= 15 is 0 Å².